The lowest BCUT2D eigenvalue weighted by molar-refractivity contribution is 0.102. The van der Waals surface area contributed by atoms with Gasteiger partial charge in [0, 0.05) is 29.9 Å². The number of amides is 1. The fourth-order valence-electron chi connectivity index (χ4n) is 3.29. The van der Waals surface area contributed by atoms with E-state index in [0.29, 0.717) is 37.5 Å². The molecular formula is C19H17F5N2O4S. The van der Waals surface area contributed by atoms with Crippen molar-refractivity contribution in [2.45, 2.75) is 42.7 Å². The quantitative estimate of drug-likeness (QED) is 0.468. The van der Waals surface area contributed by atoms with Crippen molar-refractivity contribution >= 4 is 21.6 Å². The number of hydrogen-bond donors (Lipinski definition) is 3. The number of carbonyl (C=O) groups excluding carboxylic acids is 1. The Balaban J connectivity index is 1.89. The summed E-state index contributed by atoms with van der Waals surface area (Å²) in [5.74, 6) is -9.23. The lowest BCUT2D eigenvalue weighted by Gasteiger charge is -2.26. The van der Waals surface area contributed by atoms with E-state index in [-0.39, 0.29) is 12.5 Å². The Morgan fingerprint density at radius 1 is 0.935 bits per heavy atom. The minimum absolute atomic E-state index is 0.108. The molecule has 1 fully saturated rings. The van der Waals surface area contributed by atoms with E-state index in [4.69, 9.17) is 0 Å². The van der Waals surface area contributed by atoms with Crippen molar-refractivity contribution in [3.8, 4) is 0 Å². The van der Waals surface area contributed by atoms with Crippen molar-refractivity contribution in [3.63, 3.8) is 0 Å². The maximum absolute atomic E-state index is 14.2. The molecule has 1 aliphatic carbocycles. The molecule has 2 unspecified atom stereocenters. The van der Waals surface area contributed by atoms with Gasteiger partial charge in [-0.1, -0.05) is 0 Å². The summed E-state index contributed by atoms with van der Waals surface area (Å²) in [6.45, 7) is 0. The SMILES string of the molecule is O=C(Nc1cc(F)c(F)c(F)c1)c1cc(S(=O)(=O)NC2CCCC(O)C2)c(F)cc1F. The van der Waals surface area contributed by atoms with Crippen LogP contribution in [0.25, 0.3) is 0 Å². The van der Waals surface area contributed by atoms with E-state index in [1.54, 1.807) is 0 Å². The number of benzene rings is 2. The standard InChI is InChI=1S/C19H17F5N2O4S/c20-13-8-14(21)17(31(29,30)26-9-2-1-3-11(27)4-9)7-12(13)19(28)25-10-5-15(22)18(24)16(23)6-10/h5-9,11,26-27H,1-4H2,(H,25,28). The predicted molar refractivity (Wildman–Crippen MR) is 99.2 cm³/mol. The zero-order valence-corrected chi connectivity index (χ0v) is 16.6. The summed E-state index contributed by atoms with van der Waals surface area (Å²) >= 11 is 0. The second-order valence-electron chi connectivity index (χ2n) is 7.11. The molecule has 0 aromatic heterocycles. The smallest absolute Gasteiger partial charge is 0.258 e. The maximum Gasteiger partial charge on any atom is 0.258 e. The van der Waals surface area contributed by atoms with Gasteiger partial charge in [-0.25, -0.2) is 35.1 Å². The number of halogens is 5. The number of nitrogens with one attached hydrogen (secondary N) is 2. The molecule has 12 heteroatoms. The number of hydrogen-bond acceptors (Lipinski definition) is 4. The van der Waals surface area contributed by atoms with Crippen LogP contribution in [0.1, 0.15) is 36.0 Å². The molecule has 6 nitrogen and oxygen atoms in total. The summed E-state index contributed by atoms with van der Waals surface area (Å²) < 4.78 is 95.3. The summed E-state index contributed by atoms with van der Waals surface area (Å²) in [7, 11) is -4.53. The fraction of sp³-hybridized carbons (Fsp3) is 0.316. The number of aliphatic hydroxyl groups excluding tert-OH is 1. The van der Waals surface area contributed by atoms with E-state index in [1.165, 1.54) is 0 Å². The van der Waals surface area contributed by atoms with Crippen LogP contribution in [0, 0.1) is 29.1 Å². The van der Waals surface area contributed by atoms with Gasteiger partial charge < -0.3 is 10.4 Å². The van der Waals surface area contributed by atoms with Gasteiger partial charge in [0.25, 0.3) is 5.91 Å². The first-order chi connectivity index (χ1) is 14.5. The van der Waals surface area contributed by atoms with Crippen LogP contribution in [0.15, 0.2) is 29.2 Å². The molecule has 0 spiro atoms. The second kappa shape index (κ2) is 8.89. The van der Waals surface area contributed by atoms with Gasteiger partial charge in [0.2, 0.25) is 10.0 Å². The number of anilines is 1. The normalized spacial score (nSPS) is 19.3. The van der Waals surface area contributed by atoms with E-state index >= 15 is 0 Å². The van der Waals surface area contributed by atoms with Crippen LogP contribution in [0.5, 0.6) is 0 Å². The average Bonchev–Trinajstić information content (AvgIpc) is 2.65. The fourth-order valence-corrected chi connectivity index (χ4v) is 4.66. The van der Waals surface area contributed by atoms with Crippen LogP contribution in [-0.4, -0.2) is 31.6 Å². The first-order valence-electron chi connectivity index (χ1n) is 9.13. The van der Waals surface area contributed by atoms with Gasteiger partial charge in [0.05, 0.1) is 11.7 Å². The minimum Gasteiger partial charge on any atom is -0.393 e. The average molecular weight is 464 g/mol. The Morgan fingerprint density at radius 2 is 1.58 bits per heavy atom. The van der Waals surface area contributed by atoms with E-state index in [9.17, 15) is 40.3 Å². The summed E-state index contributed by atoms with van der Waals surface area (Å²) in [5.41, 5.74) is -1.49. The topological polar surface area (TPSA) is 95.5 Å². The summed E-state index contributed by atoms with van der Waals surface area (Å²) in [5, 5.41) is 11.6. The molecule has 2 aromatic carbocycles. The molecule has 3 rings (SSSR count). The van der Waals surface area contributed by atoms with Crippen molar-refractivity contribution in [2.24, 2.45) is 0 Å². The summed E-state index contributed by atoms with van der Waals surface area (Å²) in [6, 6.07) is 0.820. The molecule has 0 heterocycles. The predicted octanol–water partition coefficient (Wildman–Crippen LogP) is 3.22. The summed E-state index contributed by atoms with van der Waals surface area (Å²) in [4.78, 5) is 11.3. The number of sulfonamides is 1. The van der Waals surface area contributed by atoms with Crippen molar-refractivity contribution in [2.75, 3.05) is 5.32 Å². The second-order valence-corrected chi connectivity index (χ2v) is 8.79. The van der Waals surface area contributed by atoms with Crippen LogP contribution in [0.2, 0.25) is 0 Å². The lowest BCUT2D eigenvalue weighted by Crippen LogP contribution is -2.40. The molecule has 1 amide bonds. The van der Waals surface area contributed by atoms with E-state index < -0.39 is 73.3 Å². The Labute approximate surface area is 174 Å². The van der Waals surface area contributed by atoms with Crippen LogP contribution >= 0.6 is 0 Å². The van der Waals surface area contributed by atoms with E-state index in [0.717, 1.165) is 0 Å². The highest BCUT2D eigenvalue weighted by molar-refractivity contribution is 7.89. The molecule has 0 radical (unpaired) electrons. The molecule has 2 atom stereocenters. The maximum atomic E-state index is 14.2. The van der Waals surface area contributed by atoms with Crippen LogP contribution in [0.3, 0.4) is 0 Å². The van der Waals surface area contributed by atoms with Crippen LogP contribution < -0.4 is 10.0 Å². The third kappa shape index (κ3) is 5.20. The highest BCUT2D eigenvalue weighted by Crippen LogP contribution is 2.25. The highest BCUT2D eigenvalue weighted by Gasteiger charge is 2.29. The third-order valence-corrected chi connectivity index (χ3v) is 6.30. The zero-order chi connectivity index (χ0) is 22.9. The van der Waals surface area contributed by atoms with Gasteiger partial charge in [-0.2, -0.15) is 0 Å². The Hall–Kier alpha value is -2.57. The number of carbonyl (C=O) groups is 1. The molecule has 0 aliphatic heterocycles. The Kier molecular flexibility index (Phi) is 6.62. The van der Waals surface area contributed by atoms with E-state index in [2.05, 4.69) is 4.72 Å². The summed E-state index contributed by atoms with van der Waals surface area (Å²) in [6.07, 6.45) is 0.819. The van der Waals surface area contributed by atoms with Gasteiger partial charge in [-0.05, 0) is 31.7 Å². The Morgan fingerprint density at radius 3 is 2.19 bits per heavy atom. The van der Waals surface area contributed by atoms with Gasteiger partial charge in [-0.3, -0.25) is 4.79 Å². The third-order valence-electron chi connectivity index (χ3n) is 4.77. The molecule has 31 heavy (non-hydrogen) atoms. The molecule has 1 saturated carbocycles. The molecule has 2 aromatic rings. The van der Waals surface area contributed by atoms with Crippen molar-refractivity contribution in [3.05, 3.63) is 58.9 Å². The largest absolute Gasteiger partial charge is 0.393 e. The van der Waals surface area contributed by atoms with Crippen molar-refractivity contribution in [1.82, 2.24) is 4.72 Å². The first-order valence-corrected chi connectivity index (χ1v) is 10.6. The zero-order valence-electron chi connectivity index (χ0n) is 15.8. The lowest BCUT2D eigenvalue weighted by atomic mass is 9.94. The molecule has 1 aliphatic rings. The minimum atomic E-state index is -4.53. The monoisotopic (exact) mass is 464 g/mol. The van der Waals surface area contributed by atoms with Gasteiger partial charge in [0.1, 0.15) is 16.5 Å². The number of aliphatic hydroxyl groups is 1. The first kappa shape index (κ1) is 23.1. The van der Waals surface area contributed by atoms with Crippen LogP contribution in [0.4, 0.5) is 27.6 Å². The van der Waals surface area contributed by atoms with Crippen molar-refractivity contribution < 1.29 is 40.3 Å². The molecule has 168 valence electrons. The highest BCUT2D eigenvalue weighted by atomic mass is 32.2. The van der Waals surface area contributed by atoms with Gasteiger partial charge in [-0.15, -0.1) is 0 Å². The molecular weight excluding hydrogens is 447 g/mol. The molecule has 0 saturated heterocycles. The van der Waals surface area contributed by atoms with Crippen LogP contribution in [-0.2, 0) is 10.0 Å². The van der Waals surface area contributed by atoms with Gasteiger partial charge >= 0.3 is 0 Å². The molecule has 3 N–H and O–H groups in total. The Bertz CT molecular complexity index is 1100. The van der Waals surface area contributed by atoms with Gasteiger partial charge in [0.15, 0.2) is 17.5 Å². The van der Waals surface area contributed by atoms with E-state index in [1.807, 2.05) is 5.32 Å². The van der Waals surface area contributed by atoms with Crippen molar-refractivity contribution in [1.29, 1.82) is 0 Å². The molecule has 0 bridgehead atoms. The number of rotatable bonds is 5.